The van der Waals surface area contributed by atoms with E-state index < -0.39 is 41.8 Å². The second kappa shape index (κ2) is 33.0. The summed E-state index contributed by atoms with van der Waals surface area (Å²) < 4.78 is 0. The molecule has 0 spiro atoms. The fourth-order valence-electron chi connectivity index (χ4n) is 7.37. The number of ketones is 2. The fraction of sp³-hybridized carbons (Fsp3) is 0.592. The number of aliphatic carboxylic acids is 2. The highest BCUT2D eigenvalue weighted by Crippen LogP contribution is 2.24. The van der Waals surface area contributed by atoms with E-state index in [9.17, 15) is 43.5 Å². The molecule has 17 heteroatoms. The van der Waals surface area contributed by atoms with E-state index in [1.807, 2.05) is 36.4 Å². The highest BCUT2D eigenvalue weighted by atomic mass is 16.4. The standard InChI is InChI=1S/C49H75N7O10/c1-4-5-6-7-8-9-10-13-40(50)32-51-28-25-43(52-27-12-14-42(59)33-54-34(2)57)45(60)31-39(48(64)53-29-26-44(49(65)66)56-46(61)15-11-16-47(62)63)30-36-17-19-37(20-18-36)38-21-23-41(24-22-38)55-35(3)58/h17-24,39-40,43-44,51-52H,4-16,25-33,50H2,1-3H3,(H,53,64)(H,54,57)(H,55,58)(H,56,61)(H,62,63)(H,65,66)/t39-,40-,43-,44+/m0/s1. The van der Waals surface area contributed by atoms with Crippen LogP contribution in [0.15, 0.2) is 48.5 Å². The van der Waals surface area contributed by atoms with E-state index in [1.54, 1.807) is 12.1 Å². The van der Waals surface area contributed by atoms with E-state index in [2.05, 4.69) is 38.8 Å². The zero-order valence-electron chi connectivity index (χ0n) is 39.2. The van der Waals surface area contributed by atoms with Gasteiger partial charge in [-0.3, -0.25) is 33.6 Å². The SMILES string of the molecule is CCCCCCCCC[C@H](N)CNCC[C@H](NCCCC(=O)CNC(C)=O)C(=O)C[C@H](Cc1ccc(-c2ccc(NC(C)=O)cc2)cc1)C(=O)NCC[C@@H](NC(=O)CCCC(=O)O)C(=O)O. The van der Waals surface area contributed by atoms with Crippen LogP contribution in [0.5, 0.6) is 0 Å². The molecule has 0 bridgehead atoms. The number of hydrogen-bond acceptors (Lipinski definition) is 11. The van der Waals surface area contributed by atoms with Gasteiger partial charge in [0.15, 0.2) is 11.6 Å². The molecule has 2 aromatic carbocycles. The minimum atomic E-state index is -1.34. The van der Waals surface area contributed by atoms with Crippen molar-refractivity contribution in [1.29, 1.82) is 0 Å². The number of benzene rings is 2. The smallest absolute Gasteiger partial charge is 0.326 e. The molecule has 66 heavy (non-hydrogen) atoms. The van der Waals surface area contributed by atoms with Crippen molar-refractivity contribution in [1.82, 2.24) is 26.6 Å². The predicted octanol–water partition coefficient (Wildman–Crippen LogP) is 4.65. The minimum Gasteiger partial charge on any atom is -0.481 e. The topological polar surface area (TPSA) is 275 Å². The maximum Gasteiger partial charge on any atom is 0.326 e. The first kappa shape index (κ1) is 56.6. The fourth-order valence-corrected chi connectivity index (χ4v) is 7.37. The Hall–Kier alpha value is -5.52. The summed E-state index contributed by atoms with van der Waals surface area (Å²) >= 11 is 0. The number of carboxylic acids is 2. The normalized spacial score (nSPS) is 12.8. The molecule has 10 N–H and O–H groups in total. The molecule has 0 radical (unpaired) electrons. The lowest BCUT2D eigenvalue weighted by atomic mass is 9.89. The van der Waals surface area contributed by atoms with Crippen LogP contribution in [0.2, 0.25) is 0 Å². The van der Waals surface area contributed by atoms with Crippen molar-refractivity contribution in [2.24, 2.45) is 11.7 Å². The number of carboxylic acid groups (broad SMARTS) is 2. The lowest BCUT2D eigenvalue weighted by molar-refractivity contribution is -0.142. The third kappa shape index (κ3) is 25.8. The molecule has 0 aromatic heterocycles. The van der Waals surface area contributed by atoms with Gasteiger partial charge in [0.2, 0.25) is 23.6 Å². The monoisotopic (exact) mass is 922 g/mol. The molecule has 0 saturated carbocycles. The summed E-state index contributed by atoms with van der Waals surface area (Å²) in [6.07, 6.45) is 9.78. The largest absolute Gasteiger partial charge is 0.481 e. The summed E-state index contributed by atoms with van der Waals surface area (Å²) in [5.74, 6) is -5.18. The molecule has 0 fully saturated rings. The van der Waals surface area contributed by atoms with Crippen molar-refractivity contribution < 1.29 is 48.6 Å². The van der Waals surface area contributed by atoms with Crippen molar-refractivity contribution in [3.05, 3.63) is 54.1 Å². The molecule has 4 atom stereocenters. The van der Waals surface area contributed by atoms with Crippen molar-refractivity contribution in [3.8, 4) is 11.1 Å². The second-order valence-corrected chi connectivity index (χ2v) is 17.0. The number of rotatable bonds is 37. The van der Waals surface area contributed by atoms with Crippen molar-refractivity contribution in [2.45, 2.75) is 148 Å². The highest BCUT2D eigenvalue weighted by molar-refractivity contribution is 5.91. The Morgan fingerprint density at radius 3 is 1.91 bits per heavy atom. The third-order valence-corrected chi connectivity index (χ3v) is 11.1. The van der Waals surface area contributed by atoms with Gasteiger partial charge in [-0.25, -0.2) is 4.79 Å². The van der Waals surface area contributed by atoms with Crippen LogP contribution in [-0.4, -0.2) is 108 Å². The van der Waals surface area contributed by atoms with Crippen LogP contribution in [0.25, 0.3) is 11.1 Å². The van der Waals surface area contributed by atoms with Gasteiger partial charge in [-0.05, 0) is 80.4 Å². The number of Topliss-reactive ketones (excluding diaryl/α,β-unsaturated/α-hetero) is 2. The Bertz CT molecular complexity index is 1820. The molecule has 0 saturated heterocycles. The number of carbonyl (C=O) groups excluding carboxylic acids is 6. The zero-order chi connectivity index (χ0) is 48.7. The molecule has 4 amide bonds. The zero-order valence-corrected chi connectivity index (χ0v) is 39.2. The van der Waals surface area contributed by atoms with E-state index in [1.165, 1.54) is 46.0 Å². The lowest BCUT2D eigenvalue weighted by Crippen LogP contribution is -2.45. The Balaban J connectivity index is 2.22. The molecule has 0 aliphatic rings. The van der Waals surface area contributed by atoms with Gasteiger partial charge in [0, 0.05) is 70.3 Å². The van der Waals surface area contributed by atoms with Crippen LogP contribution >= 0.6 is 0 Å². The molecule has 0 unspecified atom stereocenters. The number of carbonyl (C=O) groups is 8. The highest BCUT2D eigenvalue weighted by Gasteiger charge is 2.28. The Morgan fingerprint density at radius 2 is 1.29 bits per heavy atom. The molecule has 2 rings (SSSR count). The first-order valence-electron chi connectivity index (χ1n) is 23.5. The maximum absolute atomic E-state index is 14.2. The van der Waals surface area contributed by atoms with E-state index in [-0.39, 0.29) is 87.5 Å². The first-order chi connectivity index (χ1) is 31.6. The summed E-state index contributed by atoms with van der Waals surface area (Å²) in [4.78, 5) is 98.4. The van der Waals surface area contributed by atoms with E-state index >= 15 is 0 Å². The van der Waals surface area contributed by atoms with Gasteiger partial charge in [0.25, 0.3) is 0 Å². The van der Waals surface area contributed by atoms with Gasteiger partial charge in [-0.15, -0.1) is 0 Å². The molecule has 17 nitrogen and oxygen atoms in total. The molecule has 366 valence electrons. The summed E-state index contributed by atoms with van der Waals surface area (Å²) in [7, 11) is 0. The molecular weight excluding hydrogens is 847 g/mol. The Kier molecular flexibility index (Phi) is 28.3. The molecular formula is C49H75N7O10. The number of unbranched alkanes of at least 4 members (excludes halogenated alkanes) is 6. The van der Waals surface area contributed by atoms with E-state index in [0.717, 1.165) is 36.0 Å². The van der Waals surface area contributed by atoms with Gasteiger partial charge in [0.1, 0.15) is 6.04 Å². The van der Waals surface area contributed by atoms with Gasteiger partial charge in [-0.2, -0.15) is 0 Å². The maximum atomic E-state index is 14.2. The number of nitrogens with one attached hydrogen (secondary N) is 6. The van der Waals surface area contributed by atoms with Crippen molar-refractivity contribution in [2.75, 3.05) is 38.0 Å². The number of nitrogens with two attached hydrogens (primary N) is 1. The molecule has 0 heterocycles. The summed E-state index contributed by atoms with van der Waals surface area (Å²) in [5, 5.41) is 35.7. The van der Waals surface area contributed by atoms with Crippen LogP contribution in [0.4, 0.5) is 5.69 Å². The van der Waals surface area contributed by atoms with Crippen LogP contribution in [0.3, 0.4) is 0 Å². The average Bonchev–Trinajstić information content (AvgIpc) is 3.26. The summed E-state index contributed by atoms with van der Waals surface area (Å²) in [6, 6.07) is 12.8. The first-order valence-corrected chi connectivity index (χ1v) is 23.5. The van der Waals surface area contributed by atoms with Gasteiger partial charge in [0.05, 0.1) is 12.6 Å². The summed E-state index contributed by atoms with van der Waals surface area (Å²) in [6.45, 7) is 6.16. The number of amides is 4. The van der Waals surface area contributed by atoms with Crippen molar-refractivity contribution in [3.63, 3.8) is 0 Å². The van der Waals surface area contributed by atoms with Gasteiger partial charge < -0.3 is 47.8 Å². The van der Waals surface area contributed by atoms with E-state index in [4.69, 9.17) is 10.8 Å². The van der Waals surface area contributed by atoms with Gasteiger partial charge >= 0.3 is 11.9 Å². The summed E-state index contributed by atoms with van der Waals surface area (Å²) in [5.41, 5.74) is 9.65. The molecule has 2 aromatic rings. The Morgan fingerprint density at radius 1 is 0.652 bits per heavy atom. The van der Waals surface area contributed by atoms with Crippen LogP contribution < -0.4 is 37.6 Å². The van der Waals surface area contributed by atoms with Gasteiger partial charge in [-0.1, -0.05) is 88.3 Å². The third-order valence-electron chi connectivity index (χ3n) is 11.1. The average molecular weight is 922 g/mol. The van der Waals surface area contributed by atoms with E-state index in [0.29, 0.717) is 38.2 Å². The quantitative estimate of drug-likeness (QED) is 0.0418. The van der Waals surface area contributed by atoms with Crippen LogP contribution in [0, 0.1) is 5.92 Å². The van der Waals surface area contributed by atoms with Crippen molar-refractivity contribution >= 4 is 52.8 Å². The Labute approximate surface area is 390 Å². The minimum absolute atomic E-state index is 0.0362. The second-order valence-electron chi connectivity index (χ2n) is 17.0. The number of anilines is 1. The van der Waals surface area contributed by atoms with Crippen LogP contribution in [0.1, 0.15) is 129 Å². The lowest BCUT2D eigenvalue weighted by Gasteiger charge is -2.23. The number of hydrogen-bond donors (Lipinski definition) is 9. The predicted molar refractivity (Wildman–Crippen MR) is 254 cm³/mol. The molecule has 0 aliphatic heterocycles. The molecule has 0 aliphatic carbocycles. The van der Waals surface area contributed by atoms with Crippen LogP contribution in [-0.2, 0) is 44.8 Å².